The summed E-state index contributed by atoms with van der Waals surface area (Å²) in [5.41, 5.74) is 0.414. The Bertz CT molecular complexity index is 709. The van der Waals surface area contributed by atoms with Crippen molar-refractivity contribution in [2.75, 3.05) is 10.6 Å². The van der Waals surface area contributed by atoms with Crippen LogP contribution in [0.2, 0.25) is 5.02 Å². The first-order valence-corrected chi connectivity index (χ1v) is 6.11. The normalized spacial score (nSPS) is 10.0. The third kappa shape index (κ3) is 3.90. The first kappa shape index (κ1) is 14.7. The summed E-state index contributed by atoms with van der Waals surface area (Å²) in [6, 6.07) is 8.56. The fourth-order valence-electron chi connectivity index (χ4n) is 1.56. The van der Waals surface area contributed by atoms with E-state index in [9.17, 15) is 19.3 Å². The minimum atomic E-state index is -0.627. The number of amides is 2. The van der Waals surface area contributed by atoms with Crippen molar-refractivity contribution in [3.8, 4) is 0 Å². The minimum Gasteiger partial charge on any atom is -0.308 e. The number of non-ortho nitro benzene ring substituents is 1. The predicted octanol–water partition coefficient (Wildman–Crippen LogP) is 4.03. The SMILES string of the molecule is O=C(Nc1cccc([N+](=O)[O-])c1)Nc1ccc(F)c(Cl)c1. The number of carbonyl (C=O) groups excluding carboxylic acids is 1. The average Bonchev–Trinajstić information content (AvgIpc) is 2.43. The van der Waals surface area contributed by atoms with Crippen molar-refractivity contribution in [1.82, 2.24) is 0 Å². The van der Waals surface area contributed by atoms with E-state index in [-0.39, 0.29) is 16.4 Å². The average molecular weight is 310 g/mol. The lowest BCUT2D eigenvalue weighted by atomic mass is 10.3. The molecule has 8 heteroatoms. The number of nitrogens with one attached hydrogen (secondary N) is 2. The van der Waals surface area contributed by atoms with Gasteiger partial charge in [0.1, 0.15) is 5.82 Å². The second kappa shape index (κ2) is 6.19. The highest BCUT2D eigenvalue weighted by Crippen LogP contribution is 2.20. The van der Waals surface area contributed by atoms with Crippen LogP contribution in [0.5, 0.6) is 0 Å². The molecule has 2 N–H and O–H groups in total. The third-order valence-electron chi connectivity index (χ3n) is 2.49. The summed E-state index contributed by atoms with van der Waals surface area (Å²) in [5.74, 6) is -0.596. The summed E-state index contributed by atoms with van der Waals surface area (Å²) in [6.45, 7) is 0. The van der Waals surface area contributed by atoms with E-state index >= 15 is 0 Å². The monoisotopic (exact) mass is 309 g/mol. The van der Waals surface area contributed by atoms with Gasteiger partial charge in [-0.2, -0.15) is 0 Å². The zero-order valence-corrected chi connectivity index (χ0v) is 11.2. The molecule has 0 fully saturated rings. The van der Waals surface area contributed by atoms with Crippen LogP contribution in [0.15, 0.2) is 42.5 Å². The van der Waals surface area contributed by atoms with Gasteiger partial charge in [0.2, 0.25) is 0 Å². The Kier molecular flexibility index (Phi) is 4.34. The summed E-state index contributed by atoms with van der Waals surface area (Å²) >= 11 is 5.59. The van der Waals surface area contributed by atoms with Gasteiger partial charge in [0.15, 0.2) is 0 Å². The van der Waals surface area contributed by atoms with Gasteiger partial charge >= 0.3 is 6.03 Å². The van der Waals surface area contributed by atoms with Crippen molar-refractivity contribution in [1.29, 1.82) is 0 Å². The van der Waals surface area contributed by atoms with Gasteiger partial charge in [-0.1, -0.05) is 17.7 Å². The molecule has 0 heterocycles. The molecule has 0 spiro atoms. The van der Waals surface area contributed by atoms with Gasteiger partial charge < -0.3 is 10.6 Å². The Morgan fingerprint density at radius 1 is 1.14 bits per heavy atom. The van der Waals surface area contributed by atoms with Gasteiger partial charge in [-0.05, 0) is 24.3 Å². The van der Waals surface area contributed by atoms with Gasteiger partial charge in [0.25, 0.3) is 5.69 Å². The number of hydrogen-bond donors (Lipinski definition) is 2. The first-order chi connectivity index (χ1) is 9.95. The molecule has 0 radical (unpaired) electrons. The number of nitro groups is 1. The third-order valence-corrected chi connectivity index (χ3v) is 2.78. The van der Waals surface area contributed by atoms with E-state index in [2.05, 4.69) is 10.6 Å². The van der Waals surface area contributed by atoms with E-state index in [0.717, 1.165) is 6.07 Å². The molecule has 0 aliphatic carbocycles. The lowest BCUT2D eigenvalue weighted by molar-refractivity contribution is -0.384. The second-order valence-corrected chi connectivity index (χ2v) is 4.42. The van der Waals surface area contributed by atoms with Crippen molar-refractivity contribution < 1.29 is 14.1 Å². The summed E-state index contributed by atoms with van der Waals surface area (Å²) in [4.78, 5) is 21.8. The summed E-state index contributed by atoms with van der Waals surface area (Å²) in [6.07, 6.45) is 0. The molecule has 21 heavy (non-hydrogen) atoms. The number of carbonyl (C=O) groups is 1. The van der Waals surface area contributed by atoms with Crippen LogP contribution in [0.3, 0.4) is 0 Å². The Hall–Kier alpha value is -2.67. The van der Waals surface area contributed by atoms with E-state index in [1.807, 2.05) is 0 Å². The zero-order valence-electron chi connectivity index (χ0n) is 10.5. The molecule has 2 aromatic carbocycles. The summed E-state index contributed by atoms with van der Waals surface area (Å²) in [7, 11) is 0. The summed E-state index contributed by atoms with van der Waals surface area (Å²) < 4.78 is 13.0. The highest BCUT2D eigenvalue weighted by Gasteiger charge is 2.09. The predicted molar refractivity (Wildman–Crippen MR) is 77.1 cm³/mol. The molecule has 2 aromatic rings. The van der Waals surface area contributed by atoms with Crippen LogP contribution in [-0.4, -0.2) is 11.0 Å². The molecule has 0 saturated carbocycles. The van der Waals surface area contributed by atoms with Crippen LogP contribution in [0, 0.1) is 15.9 Å². The van der Waals surface area contributed by atoms with Crippen molar-refractivity contribution >= 4 is 34.7 Å². The van der Waals surface area contributed by atoms with Crippen LogP contribution >= 0.6 is 11.6 Å². The molecular formula is C13H9ClFN3O3. The first-order valence-electron chi connectivity index (χ1n) is 5.73. The molecule has 0 aliphatic heterocycles. The quantitative estimate of drug-likeness (QED) is 0.663. The molecule has 0 aromatic heterocycles. The number of halogens is 2. The fraction of sp³-hybridized carbons (Fsp3) is 0. The van der Waals surface area contributed by atoms with Crippen molar-refractivity contribution in [2.24, 2.45) is 0 Å². The van der Waals surface area contributed by atoms with Crippen LogP contribution < -0.4 is 10.6 Å². The molecule has 6 nitrogen and oxygen atoms in total. The number of nitro benzene ring substituents is 1. The lowest BCUT2D eigenvalue weighted by Crippen LogP contribution is -2.19. The van der Waals surface area contributed by atoms with Gasteiger partial charge in [-0.3, -0.25) is 10.1 Å². The van der Waals surface area contributed by atoms with Gasteiger partial charge in [0.05, 0.1) is 9.95 Å². The van der Waals surface area contributed by atoms with Crippen LogP contribution in [0.1, 0.15) is 0 Å². The Morgan fingerprint density at radius 3 is 2.43 bits per heavy atom. The Morgan fingerprint density at radius 2 is 1.81 bits per heavy atom. The zero-order chi connectivity index (χ0) is 15.4. The van der Waals surface area contributed by atoms with E-state index in [1.54, 1.807) is 0 Å². The number of nitrogens with zero attached hydrogens (tertiary/aromatic N) is 1. The van der Waals surface area contributed by atoms with E-state index in [4.69, 9.17) is 11.6 Å². The molecule has 0 saturated heterocycles. The highest BCUT2D eigenvalue weighted by molar-refractivity contribution is 6.31. The maximum Gasteiger partial charge on any atom is 0.323 e. The Balaban J connectivity index is 2.06. The second-order valence-electron chi connectivity index (χ2n) is 4.02. The molecule has 108 valence electrons. The molecule has 2 amide bonds. The van der Waals surface area contributed by atoms with Crippen LogP contribution in [0.25, 0.3) is 0 Å². The van der Waals surface area contributed by atoms with Gasteiger partial charge in [0, 0.05) is 23.5 Å². The minimum absolute atomic E-state index is 0.122. The molecule has 0 unspecified atom stereocenters. The maximum atomic E-state index is 13.0. The molecule has 2 rings (SSSR count). The Labute approximate surface area is 123 Å². The largest absolute Gasteiger partial charge is 0.323 e. The van der Waals surface area contributed by atoms with E-state index in [0.29, 0.717) is 5.69 Å². The van der Waals surface area contributed by atoms with Gasteiger partial charge in [-0.25, -0.2) is 9.18 Å². The standard InChI is InChI=1S/C13H9ClFN3O3/c14-11-7-9(4-5-12(11)15)17-13(19)16-8-2-1-3-10(6-8)18(20)21/h1-7H,(H2,16,17,19). The number of benzene rings is 2. The molecular weight excluding hydrogens is 301 g/mol. The van der Waals surface area contributed by atoms with Crippen LogP contribution in [-0.2, 0) is 0 Å². The van der Waals surface area contributed by atoms with Crippen molar-refractivity contribution in [3.63, 3.8) is 0 Å². The molecule has 0 aliphatic rings. The highest BCUT2D eigenvalue weighted by atomic mass is 35.5. The van der Waals surface area contributed by atoms with E-state index in [1.165, 1.54) is 36.4 Å². The van der Waals surface area contributed by atoms with Crippen LogP contribution in [0.4, 0.5) is 26.2 Å². The number of rotatable bonds is 3. The number of urea groups is 1. The smallest absolute Gasteiger partial charge is 0.308 e. The van der Waals surface area contributed by atoms with E-state index < -0.39 is 16.8 Å². The van der Waals surface area contributed by atoms with Gasteiger partial charge in [-0.15, -0.1) is 0 Å². The summed E-state index contributed by atoms with van der Waals surface area (Å²) in [5, 5.41) is 15.4. The molecule has 0 atom stereocenters. The molecule has 0 bridgehead atoms. The lowest BCUT2D eigenvalue weighted by Gasteiger charge is -2.08. The van der Waals surface area contributed by atoms with Crippen molar-refractivity contribution in [2.45, 2.75) is 0 Å². The maximum absolute atomic E-state index is 13.0. The fourth-order valence-corrected chi connectivity index (χ4v) is 1.75. The number of anilines is 2. The van der Waals surface area contributed by atoms with Crippen molar-refractivity contribution in [3.05, 3.63) is 63.4 Å². The number of hydrogen-bond acceptors (Lipinski definition) is 3. The topological polar surface area (TPSA) is 84.3 Å².